The Morgan fingerprint density at radius 2 is 2.00 bits per heavy atom. The van der Waals surface area contributed by atoms with Crippen molar-refractivity contribution in [1.82, 2.24) is 19.7 Å². The van der Waals surface area contributed by atoms with Crippen LogP contribution in [0.1, 0.15) is 18.5 Å². The third-order valence-electron chi connectivity index (χ3n) is 3.60. The van der Waals surface area contributed by atoms with Gasteiger partial charge in [-0.15, -0.1) is 0 Å². The second-order valence-electron chi connectivity index (χ2n) is 5.05. The lowest BCUT2D eigenvalue weighted by Crippen LogP contribution is -2.26. The van der Waals surface area contributed by atoms with Crippen LogP contribution >= 0.6 is 0 Å². The zero-order valence-electron chi connectivity index (χ0n) is 12.0. The van der Waals surface area contributed by atoms with Gasteiger partial charge in [-0.3, -0.25) is 9.78 Å². The van der Waals surface area contributed by atoms with Crippen LogP contribution in [-0.2, 0) is 6.54 Å². The second kappa shape index (κ2) is 5.90. The summed E-state index contributed by atoms with van der Waals surface area (Å²) in [4.78, 5) is 22.8. The summed E-state index contributed by atoms with van der Waals surface area (Å²) in [5.74, 6) is 0.698. The molecule has 2 aromatic rings. The molecule has 1 N–H and O–H groups in total. The van der Waals surface area contributed by atoms with E-state index in [1.807, 2.05) is 0 Å². The highest BCUT2D eigenvalue weighted by molar-refractivity contribution is 5.43. The number of hydrogen-bond acceptors (Lipinski definition) is 6. The molecule has 110 valence electrons. The van der Waals surface area contributed by atoms with Crippen LogP contribution in [0, 0.1) is 0 Å². The molecule has 1 fully saturated rings. The Hall–Kier alpha value is -2.44. The number of nitrogens with zero attached hydrogens (tertiary/aromatic N) is 5. The number of rotatable bonds is 4. The van der Waals surface area contributed by atoms with Crippen LogP contribution in [0.2, 0.25) is 0 Å². The van der Waals surface area contributed by atoms with Crippen LogP contribution in [-0.4, -0.2) is 39.9 Å². The molecule has 0 radical (unpaired) electrons. The lowest BCUT2D eigenvalue weighted by atomic mass is 10.4. The maximum absolute atomic E-state index is 12.1. The van der Waals surface area contributed by atoms with E-state index in [2.05, 4.69) is 25.3 Å². The summed E-state index contributed by atoms with van der Waals surface area (Å²) in [5.41, 5.74) is 1.50. The monoisotopic (exact) mass is 286 g/mol. The molecule has 3 rings (SSSR count). The first-order valence-electron chi connectivity index (χ1n) is 7.07. The van der Waals surface area contributed by atoms with Gasteiger partial charge in [-0.25, -0.2) is 9.67 Å². The van der Waals surface area contributed by atoms with E-state index in [9.17, 15) is 4.79 Å². The van der Waals surface area contributed by atoms with Gasteiger partial charge in [0, 0.05) is 26.2 Å². The fourth-order valence-corrected chi connectivity index (χ4v) is 2.41. The van der Waals surface area contributed by atoms with Crippen LogP contribution < -0.4 is 15.8 Å². The summed E-state index contributed by atoms with van der Waals surface area (Å²) in [6, 6.07) is 1.65. The molecular weight excluding hydrogens is 268 g/mol. The highest BCUT2D eigenvalue weighted by atomic mass is 16.1. The van der Waals surface area contributed by atoms with E-state index in [1.54, 1.807) is 31.7 Å². The van der Waals surface area contributed by atoms with Crippen LogP contribution in [0.4, 0.5) is 11.5 Å². The van der Waals surface area contributed by atoms with Crippen molar-refractivity contribution in [3.8, 4) is 0 Å². The first-order chi connectivity index (χ1) is 10.3. The van der Waals surface area contributed by atoms with E-state index in [4.69, 9.17) is 0 Å². The summed E-state index contributed by atoms with van der Waals surface area (Å²) < 4.78 is 1.41. The largest absolute Gasteiger partial charge is 0.372 e. The van der Waals surface area contributed by atoms with Crippen molar-refractivity contribution in [2.45, 2.75) is 19.4 Å². The third-order valence-corrected chi connectivity index (χ3v) is 3.60. The van der Waals surface area contributed by atoms with Gasteiger partial charge in [0.15, 0.2) is 0 Å². The molecule has 21 heavy (non-hydrogen) atoms. The van der Waals surface area contributed by atoms with Gasteiger partial charge in [-0.05, 0) is 12.8 Å². The molecule has 0 unspecified atom stereocenters. The summed E-state index contributed by atoms with van der Waals surface area (Å²) in [5, 5.41) is 7.14. The van der Waals surface area contributed by atoms with Crippen LogP contribution in [0.3, 0.4) is 0 Å². The molecule has 0 spiro atoms. The molecule has 0 aliphatic carbocycles. The third kappa shape index (κ3) is 3.01. The van der Waals surface area contributed by atoms with Gasteiger partial charge < -0.3 is 10.2 Å². The Labute approximate surface area is 122 Å². The summed E-state index contributed by atoms with van der Waals surface area (Å²) in [6.45, 7) is 2.33. The van der Waals surface area contributed by atoms with Crippen molar-refractivity contribution in [2.75, 3.05) is 30.4 Å². The lowest BCUT2D eigenvalue weighted by Gasteiger charge is -2.16. The van der Waals surface area contributed by atoms with Gasteiger partial charge in [0.05, 0.1) is 36.5 Å². The van der Waals surface area contributed by atoms with E-state index in [1.165, 1.54) is 17.5 Å². The quantitative estimate of drug-likeness (QED) is 0.892. The Kier molecular flexibility index (Phi) is 3.81. The minimum absolute atomic E-state index is 0.112. The fraction of sp³-hybridized carbons (Fsp3) is 0.429. The van der Waals surface area contributed by atoms with Gasteiger partial charge in [0.1, 0.15) is 5.82 Å². The molecule has 0 saturated carbocycles. The molecule has 1 saturated heterocycles. The van der Waals surface area contributed by atoms with Crippen LogP contribution in [0.15, 0.2) is 29.5 Å². The topological polar surface area (TPSA) is 75.9 Å². The van der Waals surface area contributed by atoms with Gasteiger partial charge in [-0.2, -0.15) is 5.10 Å². The van der Waals surface area contributed by atoms with Crippen molar-refractivity contribution < 1.29 is 0 Å². The average Bonchev–Trinajstić information content (AvgIpc) is 3.04. The zero-order valence-corrected chi connectivity index (χ0v) is 12.0. The van der Waals surface area contributed by atoms with Crippen molar-refractivity contribution >= 4 is 11.5 Å². The Morgan fingerprint density at radius 3 is 2.62 bits per heavy atom. The van der Waals surface area contributed by atoms with Crippen LogP contribution in [0.5, 0.6) is 0 Å². The average molecular weight is 286 g/mol. The first kappa shape index (κ1) is 13.5. The van der Waals surface area contributed by atoms with E-state index < -0.39 is 0 Å². The van der Waals surface area contributed by atoms with Crippen molar-refractivity contribution in [2.24, 2.45) is 0 Å². The standard InChI is InChI=1S/C14H18N6O/c1-15-13-9-16-11(7-17-13)10-20-14(21)6-12(8-18-20)19-4-2-3-5-19/h6-9H,2-5,10H2,1H3,(H,15,17). The van der Waals surface area contributed by atoms with Crippen molar-refractivity contribution in [1.29, 1.82) is 0 Å². The molecule has 0 bridgehead atoms. The smallest absolute Gasteiger partial charge is 0.269 e. The van der Waals surface area contributed by atoms with E-state index in [-0.39, 0.29) is 5.56 Å². The molecule has 3 heterocycles. The molecule has 7 nitrogen and oxygen atoms in total. The molecule has 0 aromatic carbocycles. The number of anilines is 2. The van der Waals surface area contributed by atoms with Gasteiger partial charge in [-0.1, -0.05) is 0 Å². The van der Waals surface area contributed by atoms with Gasteiger partial charge in [0.25, 0.3) is 5.56 Å². The molecule has 1 aliphatic heterocycles. The highest BCUT2D eigenvalue weighted by Gasteiger charge is 2.13. The minimum Gasteiger partial charge on any atom is -0.372 e. The molecule has 7 heteroatoms. The Balaban J connectivity index is 1.77. The fourth-order valence-electron chi connectivity index (χ4n) is 2.41. The number of nitrogens with one attached hydrogen (secondary N) is 1. The Bertz CT molecular complexity index is 660. The molecule has 1 aliphatic rings. The predicted molar refractivity (Wildman–Crippen MR) is 80.6 cm³/mol. The second-order valence-corrected chi connectivity index (χ2v) is 5.05. The normalized spacial score (nSPS) is 14.4. The van der Waals surface area contributed by atoms with Gasteiger partial charge in [0.2, 0.25) is 0 Å². The van der Waals surface area contributed by atoms with E-state index in [0.717, 1.165) is 18.8 Å². The van der Waals surface area contributed by atoms with Crippen molar-refractivity contribution in [3.63, 3.8) is 0 Å². The minimum atomic E-state index is -0.112. The lowest BCUT2D eigenvalue weighted by molar-refractivity contribution is 0.624. The summed E-state index contributed by atoms with van der Waals surface area (Å²) >= 11 is 0. The van der Waals surface area contributed by atoms with Crippen molar-refractivity contribution in [3.05, 3.63) is 40.7 Å². The Morgan fingerprint density at radius 1 is 1.19 bits per heavy atom. The first-order valence-corrected chi connectivity index (χ1v) is 7.07. The molecule has 2 aromatic heterocycles. The molecular formula is C14H18N6O. The number of hydrogen-bond donors (Lipinski definition) is 1. The van der Waals surface area contributed by atoms with E-state index in [0.29, 0.717) is 18.1 Å². The SMILES string of the molecule is CNc1cnc(Cn2ncc(N3CCCC3)cc2=O)cn1. The maximum atomic E-state index is 12.1. The maximum Gasteiger partial charge on any atom is 0.269 e. The predicted octanol–water partition coefficient (Wildman–Crippen LogP) is 0.723. The molecule has 0 amide bonds. The summed E-state index contributed by atoms with van der Waals surface area (Å²) in [7, 11) is 1.78. The highest BCUT2D eigenvalue weighted by Crippen LogP contribution is 2.16. The number of aromatic nitrogens is 4. The molecule has 0 atom stereocenters. The summed E-state index contributed by atoms with van der Waals surface area (Å²) in [6.07, 6.45) is 7.39. The van der Waals surface area contributed by atoms with E-state index >= 15 is 0 Å². The van der Waals surface area contributed by atoms with Gasteiger partial charge >= 0.3 is 0 Å². The zero-order chi connectivity index (χ0) is 14.7. The van der Waals surface area contributed by atoms with Crippen LogP contribution in [0.25, 0.3) is 0 Å².